The molecule has 0 radical (unpaired) electrons. The van der Waals surface area contributed by atoms with E-state index in [4.69, 9.17) is 20.9 Å². The van der Waals surface area contributed by atoms with Crippen LogP contribution in [0, 0.1) is 6.92 Å². The fourth-order valence-corrected chi connectivity index (χ4v) is 3.07. The molecule has 9 nitrogen and oxygen atoms in total. The number of anilines is 2. The lowest BCUT2D eigenvalue weighted by molar-refractivity contribution is 0.393. The van der Waals surface area contributed by atoms with Gasteiger partial charge >= 0.3 is 0 Å². The molecule has 0 bridgehead atoms. The van der Waals surface area contributed by atoms with Crippen LogP contribution in [0.4, 0.5) is 11.4 Å². The van der Waals surface area contributed by atoms with E-state index in [1.807, 2.05) is 18.2 Å². The summed E-state index contributed by atoms with van der Waals surface area (Å²) in [6, 6.07) is 7.04. The van der Waals surface area contributed by atoms with Gasteiger partial charge in [0, 0.05) is 14.0 Å². The van der Waals surface area contributed by atoms with E-state index in [1.54, 1.807) is 27.1 Å². The second kappa shape index (κ2) is 6.44. The smallest absolute Gasteiger partial charge is 0.277 e. The summed E-state index contributed by atoms with van der Waals surface area (Å²) >= 11 is 6.11. The lowest BCUT2D eigenvalue weighted by Gasteiger charge is -2.14. The van der Waals surface area contributed by atoms with Gasteiger partial charge in [0.05, 0.1) is 24.0 Å². The monoisotopic (exact) mass is 386 g/mol. The number of nitrogens with one attached hydrogen (secondary N) is 2. The number of pyridine rings is 1. The molecule has 0 spiro atoms. The topological polar surface area (TPSA) is 111 Å². The molecule has 0 aliphatic heterocycles. The fraction of sp³-hybridized carbons (Fsp3) is 0.176. The molecule has 4 aromatic rings. The van der Waals surface area contributed by atoms with Crippen LogP contribution in [0.25, 0.3) is 22.4 Å². The molecular weight excluding hydrogens is 372 g/mol. The van der Waals surface area contributed by atoms with Gasteiger partial charge < -0.3 is 14.6 Å². The number of ether oxygens (including phenoxy) is 1. The zero-order valence-electron chi connectivity index (χ0n) is 14.7. The molecule has 0 aliphatic carbocycles. The van der Waals surface area contributed by atoms with E-state index in [-0.39, 0.29) is 10.7 Å². The van der Waals surface area contributed by atoms with Crippen LogP contribution >= 0.6 is 11.6 Å². The average Bonchev–Trinajstić information content (AvgIpc) is 3.18. The van der Waals surface area contributed by atoms with Gasteiger partial charge in [-0.25, -0.2) is 4.98 Å². The average molecular weight is 387 g/mol. The number of aromatic amines is 1. The first-order valence-electron chi connectivity index (χ1n) is 7.98. The number of benzene rings is 1. The molecule has 0 amide bonds. The Labute approximate surface area is 157 Å². The van der Waals surface area contributed by atoms with Crippen molar-refractivity contribution in [1.82, 2.24) is 24.9 Å². The highest BCUT2D eigenvalue weighted by atomic mass is 35.5. The lowest BCUT2D eigenvalue weighted by atomic mass is 10.1. The number of hydrogen-bond acceptors (Lipinski definition) is 7. The molecule has 0 aliphatic rings. The van der Waals surface area contributed by atoms with Crippen LogP contribution in [-0.4, -0.2) is 32.0 Å². The standard InChI is InChI=1S/C17H15ClN6O3/c1-8-19-15(23-27-8)9-5-4-6-10(14(9)26-3)20-11-7-12(18)21-16-13(11)17(25)24(2)22-16/h4-7H,1-3H3,(H2,20,21,22). The van der Waals surface area contributed by atoms with Gasteiger partial charge in [-0.3, -0.25) is 14.6 Å². The van der Waals surface area contributed by atoms with Crippen LogP contribution in [0.5, 0.6) is 5.75 Å². The molecule has 10 heteroatoms. The summed E-state index contributed by atoms with van der Waals surface area (Å²) in [4.78, 5) is 20.8. The SMILES string of the molecule is COc1c(Nc2cc(Cl)nc3[nH]n(C)c(=O)c23)cccc1-c1noc(C)n1. The maximum absolute atomic E-state index is 12.4. The molecule has 27 heavy (non-hydrogen) atoms. The van der Waals surface area contributed by atoms with Crippen molar-refractivity contribution in [2.75, 3.05) is 12.4 Å². The van der Waals surface area contributed by atoms with Crippen molar-refractivity contribution >= 4 is 34.0 Å². The Morgan fingerprint density at radius 2 is 2.11 bits per heavy atom. The minimum Gasteiger partial charge on any atom is -0.494 e. The normalized spacial score (nSPS) is 11.1. The number of methoxy groups -OCH3 is 1. The number of rotatable bonds is 4. The molecule has 138 valence electrons. The van der Waals surface area contributed by atoms with E-state index >= 15 is 0 Å². The van der Waals surface area contributed by atoms with Crippen molar-refractivity contribution in [3.63, 3.8) is 0 Å². The number of halogens is 1. The third kappa shape index (κ3) is 2.91. The van der Waals surface area contributed by atoms with Crippen molar-refractivity contribution in [3.05, 3.63) is 45.7 Å². The summed E-state index contributed by atoms with van der Waals surface area (Å²) < 4.78 is 12.0. The molecular formula is C17H15ClN6O3. The molecule has 1 aromatic carbocycles. The van der Waals surface area contributed by atoms with Gasteiger partial charge in [-0.2, -0.15) is 4.98 Å². The van der Waals surface area contributed by atoms with E-state index in [9.17, 15) is 4.79 Å². The van der Waals surface area contributed by atoms with E-state index in [0.29, 0.717) is 45.4 Å². The second-order valence-electron chi connectivity index (χ2n) is 5.84. The number of nitrogens with zero attached hydrogens (tertiary/aromatic N) is 4. The Morgan fingerprint density at radius 3 is 2.81 bits per heavy atom. The van der Waals surface area contributed by atoms with Gasteiger partial charge in [0.25, 0.3) is 5.56 Å². The molecule has 0 atom stereocenters. The molecule has 0 saturated carbocycles. The second-order valence-corrected chi connectivity index (χ2v) is 6.23. The van der Waals surface area contributed by atoms with E-state index in [0.717, 1.165) is 0 Å². The Balaban J connectivity index is 1.87. The van der Waals surface area contributed by atoms with Crippen LogP contribution in [0.15, 0.2) is 33.6 Å². The zero-order chi connectivity index (χ0) is 19.1. The molecule has 4 rings (SSSR count). The molecule has 2 N–H and O–H groups in total. The van der Waals surface area contributed by atoms with Gasteiger partial charge in [-0.1, -0.05) is 22.8 Å². The van der Waals surface area contributed by atoms with Gasteiger partial charge in [-0.05, 0) is 18.2 Å². The van der Waals surface area contributed by atoms with Crippen LogP contribution in [0.2, 0.25) is 5.15 Å². The minimum absolute atomic E-state index is 0.222. The van der Waals surface area contributed by atoms with Crippen LogP contribution in [0.3, 0.4) is 0 Å². The van der Waals surface area contributed by atoms with Crippen LogP contribution in [0.1, 0.15) is 5.89 Å². The lowest BCUT2D eigenvalue weighted by Crippen LogP contribution is -2.12. The number of aryl methyl sites for hydroxylation is 2. The van der Waals surface area contributed by atoms with Crippen molar-refractivity contribution in [2.24, 2.45) is 7.05 Å². The molecule has 0 unspecified atom stereocenters. The Bertz CT molecular complexity index is 1210. The maximum Gasteiger partial charge on any atom is 0.277 e. The predicted molar refractivity (Wildman–Crippen MR) is 101 cm³/mol. The molecule has 0 saturated heterocycles. The predicted octanol–water partition coefficient (Wildman–Crippen LogP) is 3.03. The highest BCUT2D eigenvalue weighted by molar-refractivity contribution is 6.30. The van der Waals surface area contributed by atoms with E-state index in [2.05, 4.69) is 25.5 Å². The number of fused-ring (bicyclic) bond motifs is 1. The number of hydrogen-bond donors (Lipinski definition) is 2. The first-order valence-corrected chi connectivity index (χ1v) is 8.35. The number of H-pyrrole nitrogens is 1. The fourth-order valence-electron chi connectivity index (χ4n) is 2.87. The van der Waals surface area contributed by atoms with Crippen molar-refractivity contribution in [3.8, 4) is 17.1 Å². The summed E-state index contributed by atoms with van der Waals surface area (Å²) in [5, 5.41) is 10.7. The first kappa shape index (κ1) is 17.1. The zero-order valence-corrected chi connectivity index (χ0v) is 15.5. The third-order valence-corrected chi connectivity index (χ3v) is 4.23. The number of aromatic nitrogens is 5. The largest absolute Gasteiger partial charge is 0.494 e. The van der Waals surface area contributed by atoms with Crippen molar-refractivity contribution < 1.29 is 9.26 Å². The summed E-state index contributed by atoms with van der Waals surface area (Å²) in [6.07, 6.45) is 0. The van der Waals surface area contributed by atoms with Crippen molar-refractivity contribution in [2.45, 2.75) is 6.92 Å². The minimum atomic E-state index is -0.222. The van der Waals surface area contributed by atoms with Crippen LogP contribution in [-0.2, 0) is 7.05 Å². The van der Waals surface area contributed by atoms with E-state index in [1.165, 1.54) is 4.68 Å². The molecule has 0 fully saturated rings. The third-order valence-electron chi connectivity index (χ3n) is 4.04. The summed E-state index contributed by atoms with van der Waals surface area (Å²) in [7, 11) is 3.16. The van der Waals surface area contributed by atoms with Gasteiger partial charge in [-0.15, -0.1) is 0 Å². The Kier molecular flexibility index (Phi) is 4.08. The summed E-state index contributed by atoms with van der Waals surface area (Å²) in [5.41, 5.74) is 1.94. The van der Waals surface area contributed by atoms with Crippen molar-refractivity contribution in [1.29, 1.82) is 0 Å². The maximum atomic E-state index is 12.4. The van der Waals surface area contributed by atoms with Gasteiger partial charge in [0.15, 0.2) is 11.4 Å². The molecule has 3 heterocycles. The highest BCUT2D eigenvalue weighted by Crippen LogP contribution is 2.37. The summed E-state index contributed by atoms with van der Waals surface area (Å²) in [6.45, 7) is 1.71. The Hall–Kier alpha value is -3.33. The quantitative estimate of drug-likeness (QED) is 0.518. The van der Waals surface area contributed by atoms with Crippen LogP contribution < -0.4 is 15.6 Å². The first-order chi connectivity index (χ1) is 13.0. The van der Waals surface area contributed by atoms with E-state index < -0.39 is 0 Å². The highest BCUT2D eigenvalue weighted by Gasteiger charge is 2.18. The van der Waals surface area contributed by atoms with Gasteiger partial charge in [0.1, 0.15) is 10.5 Å². The molecule has 3 aromatic heterocycles. The summed E-state index contributed by atoms with van der Waals surface area (Å²) in [5.74, 6) is 1.36. The van der Waals surface area contributed by atoms with Gasteiger partial charge in [0.2, 0.25) is 11.7 Å². The number of para-hydroxylation sites is 1. The Morgan fingerprint density at radius 1 is 1.30 bits per heavy atom.